The molecule has 1 aliphatic heterocycles. The Hall–Kier alpha value is -1.37. The number of halogens is 1. The zero-order valence-electron chi connectivity index (χ0n) is 10.8. The van der Waals surface area contributed by atoms with E-state index in [4.69, 9.17) is 16.6 Å². The monoisotopic (exact) mass is 379 g/mol. The molecular formula is C15H10BrNO2S2. The van der Waals surface area contributed by atoms with Gasteiger partial charge in [0.05, 0.1) is 11.4 Å². The van der Waals surface area contributed by atoms with E-state index in [1.54, 1.807) is 23.1 Å². The molecule has 3 nitrogen and oxygen atoms in total. The van der Waals surface area contributed by atoms with Gasteiger partial charge < -0.3 is 4.42 Å². The lowest BCUT2D eigenvalue weighted by Crippen LogP contribution is -2.27. The molecule has 106 valence electrons. The average molecular weight is 380 g/mol. The summed E-state index contributed by atoms with van der Waals surface area (Å²) in [6.45, 7) is 0.491. The van der Waals surface area contributed by atoms with Crippen molar-refractivity contribution >= 4 is 56.2 Å². The normalized spacial score (nSPS) is 17.0. The molecule has 2 aromatic rings. The van der Waals surface area contributed by atoms with Crippen molar-refractivity contribution < 1.29 is 9.21 Å². The lowest BCUT2D eigenvalue weighted by atomic mass is 10.2. The average Bonchev–Trinajstić information content (AvgIpc) is 2.99. The van der Waals surface area contributed by atoms with Crippen LogP contribution in [0.15, 0.2) is 56.5 Å². The molecular weight excluding hydrogens is 370 g/mol. The maximum absolute atomic E-state index is 12.4. The summed E-state index contributed by atoms with van der Waals surface area (Å²) in [7, 11) is 0. The van der Waals surface area contributed by atoms with Crippen LogP contribution in [0.4, 0.5) is 0 Å². The summed E-state index contributed by atoms with van der Waals surface area (Å²) >= 11 is 9.84. The number of carbonyl (C=O) groups excluding carboxylic acids is 1. The fraction of sp³-hybridized carbons (Fsp3) is 0.0667. The number of nitrogens with zero attached hydrogens (tertiary/aromatic N) is 1. The standard InChI is InChI=1S/C15H10BrNO2S2/c16-13-7-6-11(19-13)8-12-14(18)17(15(20)21-12)9-10-4-2-1-3-5-10/h1-8H,9H2. The van der Waals surface area contributed by atoms with Crippen LogP contribution < -0.4 is 0 Å². The number of amides is 1. The van der Waals surface area contributed by atoms with Crippen molar-refractivity contribution in [3.05, 3.63) is 63.4 Å². The van der Waals surface area contributed by atoms with Gasteiger partial charge in [-0.1, -0.05) is 54.3 Å². The minimum Gasteiger partial charge on any atom is -0.450 e. The van der Waals surface area contributed by atoms with Crippen molar-refractivity contribution in [2.75, 3.05) is 0 Å². The second-order valence-electron chi connectivity index (χ2n) is 4.40. The lowest BCUT2D eigenvalue weighted by Gasteiger charge is -2.14. The van der Waals surface area contributed by atoms with Crippen molar-refractivity contribution in [1.82, 2.24) is 4.90 Å². The molecule has 1 aromatic carbocycles. The molecule has 0 spiro atoms. The maximum atomic E-state index is 12.4. The van der Waals surface area contributed by atoms with Crippen molar-refractivity contribution in [2.45, 2.75) is 6.54 Å². The van der Waals surface area contributed by atoms with Gasteiger partial charge in [-0.25, -0.2) is 0 Å². The van der Waals surface area contributed by atoms with E-state index in [1.165, 1.54) is 11.8 Å². The first-order valence-corrected chi connectivity index (χ1v) is 8.20. The van der Waals surface area contributed by atoms with Gasteiger partial charge in [0.2, 0.25) is 0 Å². The van der Waals surface area contributed by atoms with E-state index < -0.39 is 0 Å². The van der Waals surface area contributed by atoms with E-state index >= 15 is 0 Å². The van der Waals surface area contributed by atoms with Gasteiger partial charge in [-0.15, -0.1) is 0 Å². The molecule has 6 heteroatoms. The maximum Gasteiger partial charge on any atom is 0.266 e. The molecule has 0 saturated carbocycles. The first-order chi connectivity index (χ1) is 10.1. The third-order valence-corrected chi connectivity index (χ3v) is 4.73. The Morgan fingerprint density at radius 1 is 1.24 bits per heavy atom. The van der Waals surface area contributed by atoms with Crippen LogP contribution in [0, 0.1) is 0 Å². The highest BCUT2D eigenvalue weighted by Crippen LogP contribution is 2.34. The summed E-state index contributed by atoms with van der Waals surface area (Å²) in [6.07, 6.45) is 1.72. The number of hydrogen-bond acceptors (Lipinski definition) is 4. The molecule has 1 saturated heterocycles. The highest BCUT2D eigenvalue weighted by atomic mass is 79.9. The summed E-state index contributed by atoms with van der Waals surface area (Å²) < 4.78 is 6.60. The summed E-state index contributed by atoms with van der Waals surface area (Å²) in [5.41, 5.74) is 1.05. The number of hydrogen-bond donors (Lipinski definition) is 0. The van der Waals surface area contributed by atoms with E-state index in [1.807, 2.05) is 30.3 Å². The third-order valence-electron chi connectivity index (χ3n) is 2.92. The van der Waals surface area contributed by atoms with Gasteiger partial charge in [0, 0.05) is 6.08 Å². The molecule has 0 unspecified atom stereocenters. The first kappa shape index (κ1) is 14.6. The summed E-state index contributed by atoms with van der Waals surface area (Å²) in [5, 5.41) is 0. The Bertz CT molecular complexity index is 724. The largest absolute Gasteiger partial charge is 0.450 e. The Labute approximate surface area is 140 Å². The minimum absolute atomic E-state index is 0.0821. The van der Waals surface area contributed by atoms with E-state index in [-0.39, 0.29) is 5.91 Å². The number of carbonyl (C=O) groups is 1. The van der Waals surface area contributed by atoms with Crippen LogP contribution in [-0.2, 0) is 11.3 Å². The van der Waals surface area contributed by atoms with Crippen LogP contribution in [0.1, 0.15) is 11.3 Å². The molecule has 1 aromatic heterocycles. The van der Waals surface area contributed by atoms with Gasteiger partial charge in [-0.05, 0) is 33.6 Å². The van der Waals surface area contributed by atoms with E-state index in [0.717, 1.165) is 5.56 Å². The van der Waals surface area contributed by atoms with E-state index in [0.29, 0.717) is 26.2 Å². The van der Waals surface area contributed by atoms with Gasteiger partial charge in [0.15, 0.2) is 4.67 Å². The second-order valence-corrected chi connectivity index (χ2v) is 6.85. The number of thiocarbonyl (C=S) groups is 1. The van der Waals surface area contributed by atoms with Gasteiger partial charge in [0.25, 0.3) is 5.91 Å². The predicted molar refractivity (Wildman–Crippen MR) is 91.6 cm³/mol. The van der Waals surface area contributed by atoms with Crippen LogP contribution in [0.5, 0.6) is 0 Å². The quantitative estimate of drug-likeness (QED) is 0.582. The lowest BCUT2D eigenvalue weighted by molar-refractivity contribution is -0.122. The second kappa shape index (κ2) is 6.17. The summed E-state index contributed by atoms with van der Waals surface area (Å²) in [4.78, 5) is 14.6. The fourth-order valence-electron chi connectivity index (χ4n) is 1.94. The summed E-state index contributed by atoms with van der Waals surface area (Å²) in [6, 6.07) is 13.4. The van der Waals surface area contributed by atoms with Gasteiger partial charge in [-0.3, -0.25) is 9.69 Å². The highest BCUT2D eigenvalue weighted by molar-refractivity contribution is 9.10. The first-order valence-electron chi connectivity index (χ1n) is 6.18. The molecule has 0 N–H and O–H groups in total. The molecule has 0 atom stereocenters. The third kappa shape index (κ3) is 3.28. The smallest absolute Gasteiger partial charge is 0.266 e. The number of benzene rings is 1. The van der Waals surface area contributed by atoms with Crippen LogP contribution >= 0.6 is 39.9 Å². The van der Waals surface area contributed by atoms with Crippen LogP contribution in [0.3, 0.4) is 0 Å². The van der Waals surface area contributed by atoms with Crippen molar-refractivity contribution in [2.24, 2.45) is 0 Å². The topological polar surface area (TPSA) is 33.5 Å². The van der Waals surface area contributed by atoms with Crippen molar-refractivity contribution in [1.29, 1.82) is 0 Å². The number of thioether (sulfide) groups is 1. The molecule has 1 amide bonds. The van der Waals surface area contributed by atoms with Crippen molar-refractivity contribution in [3.8, 4) is 0 Å². The predicted octanol–water partition coefficient (Wildman–Crippen LogP) is 4.44. The highest BCUT2D eigenvalue weighted by Gasteiger charge is 2.32. The molecule has 3 rings (SSSR count). The molecule has 0 bridgehead atoms. The Kier molecular flexibility index (Phi) is 4.28. The fourth-order valence-corrected chi connectivity index (χ4v) is 3.49. The van der Waals surface area contributed by atoms with E-state index in [9.17, 15) is 4.79 Å². The molecule has 0 aliphatic carbocycles. The van der Waals surface area contributed by atoms with Gasteiger partial charge >= 0.3 is 0 Å². The molecule has 2 heterocycles. The Morgan fingerprint density at radius 2 is 2.00 bits per heavy atom. The van der Waals surface area contributed by atoms with E-state index in [2.05, 4.69) is 15.9 Å². The Balaban J connectivity index is 1.81. The summed E-state index contributed by atoms with van der Waals surface area (Å²) in [5.74, 6) is 0.545. The molecule has 0 radical (unpaired) electrons. The zero-order chi connectivity index (χ0) is 14.8. The molecule has 1 fully saturated rings. The van der Waals surface area contributed by atoms with Crippen LogP contribution in [0.2, 0.25) is 0 Å². The molecule has 21 heavy (non-hydrogen) atoms. The minimum atomic E-state index is -0.0821. The molecule has 1 aliphatic rings. The number of furan rings is 1. The van der Waals surface area contributed by atoms with Gasteiger partial charge in [-0.2, -0.15) is 0 Å². The SMILES string of the molecule is O=C1C(=Cc2ccc(Br)o2)SC(=S)N1Cc1ccccc1. The van der Waals surface area contributed by atoms with Crippen LogP contribution in [-0.4, -0.2) is 15.1 Å². The van der Waals surface area contributed by atoms with Crippen molar-refractivity contribution in [3.63, 3.8) is 0 Å². The Morgan fingerprint density at radius 3 is 2.67 bits per heavy atom. The van der Waals surface area contributed by atoms with Crippen LogP contribution in [0.25, 0.3) is 6.08 Å². The zero-order valence-corrected chi connectivity index (χ0v) is 14.0. The number of rotatable bonds is 3. The van der Waals surface area contributed by atoms with Gasteiger partial charge in [0.1, 0.15) is 10.1 Å².